The Kier molecular flexibility index (Phi) is 5.37. The number of nitrogens with one attached hydrogen (secondary N) is 1. The number of hydrogen-bond acceptors (Lipinski definition) is 4. The predicted octanol–water partition coefficient (Wildman–Crippen LogP) is 3.78. The number of aryl methyl sites for hydroxylation is 1. The number of amides is 1. The minimum atomic E-state index is -0.824. The number of rotatable bonds is 4. The van der Waals surface area contributed by atoms with Crippen molar-refractivity contribution in [3.05, 3.63) is 75.3 Å². The van der Waals surface area contributed by atoms with Gasteiger partial charge in [0.05, 0.1) is 11.9 Å². The van der Waals surface area contributed by atoms with Gasteiger partial charge in [0, 0.05) is 16.3 Å². The van der Waals surface area contributed by atoms with Crippen LogP contribution in [0, 0.1) is 13.8 Å². The van der Waals surface area contributed by atoms with E-state index < -0.39 is 11.7 Å². The van der Waals surface area contributed by atoms with Crippen molar-refractivity contribution in [2.45, 2.75) is 26.8 Å². The standard InChI is InChI=1S/C20H19ClN4O2/c1-12-7-9-15(10-8-12)18-11-22-25(20(27)24-18)14(3)19(26)23-17-6-4-5-16(21)13(17)2/h4-11,14H,1-3H3,(H,23,26)/t14-/m1/s1. The Labute approximate surface area is 161 Å². The highest BCUT2D eigenvalue weighted by Crippen LogP contribution is 2.23. The number of aromatic nitrogens is 3. The van der Waals surface area contributed by atoms with Crippen LogP contribution in [0.2, 0.25) is 5.02 Å². The highest BCUT2D eigenvalue weighted by atomic mass is 35.5. The Hall–Kier alpha value is -2.99. The van der Waals surface area contributed by atoms with Crippen LogP contribution in [-0.4, -0.2) is 20.7 Å². The van der Waals surface area contributed by atoms with Gasteiger partial charge in [-0.15, -0.1) is 0 Å². The molecule has 0 saturated heterocycles. The largest absolute Gasteiger partial charge is 0.365 e. The second-order valence-electron chi connectivity index (χ2n) is 6.31. The molecule has 3 rings (SSSR count). The second-order valence-corrected chi connectivity index (χ2v) is 6.72. The Morgan fingerprint density at radius 1 is 1.15 bits per heavy atom. The lowest BCUT2D eigenvalue weighted by Gasteiger charge is -2.15. The summed E-state index contributed by atoms with van der Waals surface area (Å²) in [4.78, 5) is 29.0. The van der Waals surface area contributed by atoms with Crippen molar-refractivity contribution in [2.75, 3.05) is 5.32 Å². The molecule has 1 heterocycles. The molecule has 0 aliphatic rings. The summed E-state index contributed by atoms with van der Waals surface area (Å²) in [5.41, 5.74) is 3.14. The van der Waals surface area contributed by atoms with Gasteiger partial charge in [-0.25, -0.2) is 9.48 Å². The summed E-state index contributed by atoms with van der Waals surface area (Å²) in [6.45, 7) is 5.39. The molecule has 1 amide bonds. The van der Waals surface area contributed by atoms with Crippen molar-refractivity contribution >= 4 is 23.2 Å². The van der Waals surface area contributed by atoms with Gasteiger partial charge in [-0.05, 0) is 38.5 Å². The third-order valence-electron chi connectivity index (χ3n) is 4.34. The lowest BCUT2D eigenvalue weighted by Crippen LogP contribution is -2.35. The summed E-state index contributed by atoms with van der Waals surface area (Å²) in [5, 5.41) is 7.47. The number of benzene rings is 2. The average Bonchev–Trinajstić information content (AvgIpc) is 2.65. The molecule has 1 aromatic heterocycles. The molecule has 0 radical (unpaired) electrons. The quantitative estimate of drug-likeness (QED) is 0.745. The van der Waals surface area contributed by atoms with Crippen LogP contribution >= 0.6 is 11.6 Å². The van der Waals surface area contributed by atoms with Crippen LogP contribution in [0.5, 0.6) is 0 Å². The Bertz CT molecular complexity index is 1040. The lowest BCUT2D eigenvalue weighted by molar-refractivity contribution is -0.119. The van der Waals surface area contributed by atoms with Gasteiger partial charge < -0.3 is 5.32 Å². The molecule has 138 valence electrons. The number of carbonyl (C=O) groups is 1. The van der Waals surface area contributed by atoms with E-state index in [1.54, 1.807) is 25.1 Å². The Morgan fingerprint density at radius 3 is 2.52 bits per heavy atom. The van der Waals surface area contributed by atoms with Gasteiger partial charge >= 0.3 is 5.69 Å². The van der Waals surface area contributed by atoms with Crippen LogP contribution < -0.4 is 11.0 Å². The van der Waals surface area contributed by atoms with Crippen molar-refractivity contribution in [3.63, 3.8) is 0 Å². The summed E-state index contributed by atoms with van der Waals surface area (Å²) < 4.78 is 1.06. The smallest absolute Gasteiger partial charge is 0.324 e. The molecule has 0 fully saturated rings. The van der Waals surface area contributed by atoms with Crippen molar-refractivity contribution in [1.29, 1.82) is 0 Å². The zero-order chi connectivity index (χ0) is 19.6. The van der Waals surface area contributed by atoms with Crippen LogP contribution in [0.3, 0.4) is 0 Å². The fourth-order valence-electron chi connectivity index (χ4n) is 2.57. The van der Waals surface area contributed by atoms with Gasteiger partial charge in [0.15, 0.2) is 0 Å². The zero-order valence-electron chi connectivity index (χ0n) is 15.2. The van der Waals surface area contributed by atoms with E-state index in [4.69, 9.17) is 11.6 Å². The molecule has 1 atom stereocenters. The molecule has 0 unspecified atom stereocenters. The minimum Gasteiger partial charge on any atom is -0.324 e. The van der Waals surface area contributed by atoms with Crippen molar-refractivity contribution in [3.8, 4) is 11.3 Å². The van der Waals surface area contributed by atoms with Gasteiger partial charge in [-0.1, -0.05) is 47.5 Å². The summed E-state index contributed by atoms with van der Waals surface area (Å²) in [6, 6.07) is 12.0. The third kappa shape index (κ3) is 4.06. The number of nitrogens with zero attached hydrogens (tertiary/aromatic N) is 3. The first-order valence-electron chi connectivity index (χ1n) is 8.45. The number of hydrogen-bond donors (Lipinski definition) is 1. The van der Waals surface area contributed by atoms with E-state index in [0.29, 0.717) is 16.4 Å². The molecule has 6 nitrogen and oxygen atoms in total. The molecular weight excluding hydrogens is 364 g/mol. The first-order chi connectivity index (χ1) is 12.9. The second kappa shape index (κ2) is 7.72. The van der Waals surface area contributed by atoms with E-state index in [1.807, 2.05) is 38.1 Å². The fourth-order valence-corrected chi connectivity index (χ4v) is 2.74. The normalized spacial score (nSPS) is 11.9. The first kappa shape index (κ1) is 18.8. The van der Waals surface area contributed by atoms with Crippen molar-refractivity contribution in [2.24, 2.45) is 0 Å². The van der Waals surface area contributed by atoms with Gasteiger partial charge in [0.25, 0.3) is 0 Å². The van der Waals surface area contributed by atoms with E-state index in [2.05, 4.69) is 15.4 Å². The molecule has 0 bridgehead atoms. The SMILES string of the molecule is Cc1ccc(-c2cnn([C@H](C)C(=O)Nc3cccc(Cl)c3C)c(=O)n2)cc1. The molecular formula is C20H19ClN4O2. The van der Waals surface area contributed by atoms with Crippen LogP contribution in [-0.2, 0) is 4.79 Å². The number of anilines is 1. The number of halogens is 1. The highest BCUT2D eigenvalue weighted by molar-refractivity contribution is 6.31. The number of carbonyl (C=O) groups excluding carboxylic acids is 1. The summed E-state index contributed by atoms with van der Waals surface area (Å²) >= 11 is 6.08. The Balaban J connectivity index is 1.83. The van der Waals surface area contributed by atoms with Gasteiger partial charge in [0.1, 0.15) is 6.04 Å². The molecule has 0 aliphatic heterocycles. The van der Waals surface area contributed by atoms with E-state index in [0.717, 1.165) is 21.4 Å². The van der Waals surface area contributed by atoms with E-state index in [1.165, 1.54) is 6.20 Å². The van der Waals surface area contributed by atoms with Gasteiger partial charge in [-0.2, -0.15) is 10.1 Å². The van der Waals surface area contributed by atoms with Crippen molar-refractivity contribution in [1.82, 2.24) is 14.8 Å². The molecule has 3 aromatic rings. The van der Waals surface area contributed by atoms with Crippen LogP contribution in [0.25, 0.3) is 11.3 Å². The maximum absolute atomic E-state index is 12.5. The lowest BCUT2D eigenvalue weighted by atomic mass is 10.1. The summed E-state index contributed by atoms with van der Waals surface area (Å²) in [7, 11) is 0. The van der Waals surface area contributed by atoms with E-state index >= 15 is 0 Å². The van der Waals surface area contributed by atoms with Crippen LogP contribution in [0.15, 0.2) is 53.5 Å². The first-order valence-corrected chi connectivity index (χ1v) is 8.83. The van der Waals surface area contributed by atoms with Crippen molar-refractivity contribution < 1.29 is 4.79 Å². The molecule has 1 N–H and O–H groups in total. The Morgan fingerprint density at radius 2 is 1.85 bits per heavy atom. The topological polar surface area (TPSA) is 76.9 Å². The predicted molar refractivity (Wildman–Crippen MR) is 106 cm³/mol. The van der Waals surface area contributed by atoms with Gasteiger partial charge in [-0.3, -0.25) is 4.79 Å². The summed E-state index contributed by atoms with van der Waals surface area (Å²) in [5.74, 6) is -0.375. The third-order valence-corrected chi connectivity index (χ3v) is 4.75. The van der Waals surface area contributed by atoms with Crippen LogP contribution in [0.1, 0.15) is 24.1 Å². The monoisotopic (exact) mass is 382 g/mol. The minimum absolute atomic E-state index is 0.375. The zero-order valence-corrected chi connectivity index (χ0v) is 16.0. The molecule has 7 heteroatoms. The fraction of sp³-hybridized carbons (Fsp3) is 0.200. The molecule has 27 heavy (non-hydrogen) atoms. The van der Waals surface area contributed by atoms with E-state index in [-0.39, 0.29) is 5.91 Å². The van der Waals surface area contributed by atoms with Gasteiger partial charge in [0.2, 0.25) is 5.91 Å². The molecule has 0 aliphatic carbocycles. The van der Waals surface area contributed by atoms with Crippen LogP contribution in [0.4, 0.5) is 5.69 Å². The maximum Gasteiger partial charge on any atom is 0.365 e. The molecule has 0 spiro atoms. The maximum atomic E-state index is 12.5. The molecule has 2 aromatic carbocycles. The average molecular weight is 383 g/mol. The summed E-state index contributed by atoms with van der Waals surface area (Å²) in [6.07, 6.45) is 1.49. The van der Waals surface area contributed by atoms with E-state index in [9.17, 15) is 9.59 Å². The highest BCUT2D eigenvalue weighted by Gasteiger charge is 2.19. The molecule has 0 saturated carbocycles.